The lowest BCUT2D eigenvalue weighted by atomic mass is 9.90. The van der Waals surface area contributed by atoms with Gasteiger partial charge in [0.25, 0.3) is 0 Å². The number of hydrogen-bond donors (Lipinski definition) is 1. The van der Waals surface area contributed by atoms with E-state index in [1.54, 1.807) is 6.20 Å². The summed E-state index contributed by atoms with van der Waals surface area (Å²) in [5.41, 5.74) is 2.85. The van der Waals surface area contributed by atoms with E-state index in [0.717, 1.165) is 24.1 Å². The first-order valence-electron chi connectivity index (χ1n) is 10.1. The van der Waals surface area contributed by atoms with Gasteiger partial charge in [-0.15, -0.1) is 0 Å². The summed E-state index contributed by atoms with van der Waals surface area (Å²) in [5, 5.41) is 10.6. The van der Waals surface area contributed by atoms with Gasteiger partial charge in [0, 0.05) is 31.5 Å². The van der Waals surface area contributed by atoms with Crippen LogP contribution in [0.1, 0.15) is 28.3 Å². The number of aromatic nitrogens is 1. The fourth-order valence-electron chi connectivity index (χ4n) is 3.93. The topological polar surface area (TPSA) is 45.6 Å². The molecule has 7 heteroatoms. The molecule has 0 saturated heterocycles. The fourth-order valence-corrected chi connectivity index (χ4v) is 3.93. The van der Waals surface area contributed by atoms with E-state index in [1.807, 2.05) is 30.5 Å². The van der Waals surface area contributed by atoms with Gasteiger partial charge in [0.2, 0.25) is 0 Å². The molecular formula is C24H23F3N2O2. The third kappa shape index (κ3) is 5.24. The minimum absolute atomic E-state index is 0.0106. The predicted octanol–water partition coefficient (Wildman–Crippen LogP) is 4.64. The van der Waals surface area contributed by atoms with Crippen LogP contribution in [0.25, 0.3) is 0 Å². The first-order chi connectivity index (χ1) is 14.9. The number of β-amino-alcohol motifs (C(OH)–C–C–N with tert-alkyl or cyclic N) is 1. The second kappa shape index (κ2) is 9.08. The first-order valence-corrected chi connectivity index (χ1v) is 10.1. The standard InChI is InChI=1S/C24H23F3N2O2/c25-24(26,27)20-7-9-22(10-8-20)31-16-21(30)15-29-14-19-5-2-1-4-17(19)12-23(29)18-6-3-11-28-13-18/h1-11,13,21,23,30H,12,14-16H2/t21-,23+/m0/s1. The summed E-state index contributed by atoms with van der Waals surface area (Å²) < 4.78 is 43.6. The van der Waals surface area contributed by atoms with Gasteiger partial charge in [0.1, 0.15) is 18.5 Å². The van der Waals surface area contributed by atoms with E-state index in [9.17, 15) is 18.3 Å². The zero-order chi connectivity index (χ0) is 21.8. The number of aliphatic hydroxyl groups is 1. The van der Waals surface area contributed by atoms with Crippen LogP contribution in [0.2, 0.25) is 0 Å². The van der Waals surface area contributed by atoms with Crippen molar-refractivity contribution in [1.82, 2.24) is 9.88 Å². The number of hydrogen-bond acceptors (Lipinski definition) is 4. The summed E-state index contributed by atoms with van der Waals surface area (Å²) in [7, 11) is 0. The van der Waals surface area contributed by atoms with Crippen LogP contribution >= 0.6 is 0 Å². The predicted molar refractivity (Wildman–Crippen MR) is 110 cm³/mol. The fraction of sp³-hybridized carbons (Fsp3) is 0.292. The molecule has 0 bridgehead atoms. The number of rotatable bonds is 6. The molecule has 1 N–H and O–H groups in total. The maximum atomic E-state index is 12.7. The van der Waals surface area contributed by atoms with E-state index in [0.29, 0.717) is 18.8 Å². The monoisotopic (exact) mass is 428 g/mol. The molecule has 4 rings (SSSR count). The Kier molecular flexibility index (Phi) is 6.25. The summed E-state index contributed by atoms with van der Waals surface area (Å²) in [6.45, 7) is 1.05. The smallest absolute Gasteiger partial charge is 0.416 e. The van der Waals surface area contributed by atoms with Crippen LogP contribution in [-0.2, 0) is 19.1 Å². The molecule has 162 valence electrons. The highest BCUT2D eigenvalue weighted by Crippen LogP contribution is 2.33. The van der Waals surface area contributed by atoms with Gasteiger partial charge >= 0.3 is 6.18 Å². The number of ether oxygens (including phenoxy) is 1. The maximum Gasteiger partial charge on any atom is 0.416 e. The van der Waals surface area contributed by atoms with Crippen LogP contribution in [0.3, 0.4) is 0 Å². The number of fused-ring (bicyclic) bond motifs is 1. The van der Waals surface area contributed by atoms with Crippen molar-refractivity contribution >= 4 is 0 Å². The van der Waals surface area contributed by atoms with Crippen molar-refractivity contribution in [1.29, 1.82) is 0 Å². The van der Waals surface area contributed by atoms with Crippen molar-refractivity contribution in [3.05, 3.63) is 95.3 Å². The number of benzene rings is 2. The zero-order valence-corrected chi connectivity index (χ0v) is 16.8. The largest absolute Gasteiger partial charge is 0.491 e. The Morgan fingerprint density at radius 1 is 1.03 bits per heavy atom. The molecule has 3 aromatic rings. The van der Waals surface area contributed by atoms with E-state index in [2.05, 4.69) is 22.0 Å². The zero-order valence-electron chi connectivity index (χ0n) is 16.8. The molecule has 0 aliphatic carbocycles. The molecule has 4 nitrogen and oxygen atoms in total. The lowest BCUT2D eigenvalue weighted by molar-refractivity contribution is -0.137. The highest BCUT2D eigenvalue weighted by Gasteiger charge is 2.30. The number of halogens is 3. The average molecular weight is 428 g/mol. The third-order valence-electron chi connectivity index (χ3n) is 5.48. The number of nitrogens with zero attached hydrogens (tertiary/aromatic N) is 2. The van der Waals surface area contributed by atoms with Crippen molar-refractivity contribution < 1.29 is 23.0 Å². The van der Waals surface area contributed by atoms with Gasteiger partial charge < -0.3 is 9.84 Å². The Bertz CT molecular complexity index is 994. The van der Waals surface area contributed by atoms with Crippen LogP contribution in [-0.4, -0.2) is 34.2 Å². The Morgan fingerprint density at radius 2 is 1.77 bits per heavy atom. The van der Waals surface area contributed by atoms with Crippen molar-refractivity contribution in [3.63, 3.8) is 0 Å². The van der Waals surface area contributed by atoms with E-state index in [-0.39, 0.29) is 12.6 Å². The van der Waals surface area contributed by atoms with Gasteiger partial charge in [-0.3, -0.25) is 9.88 Å². The van der Waals surface area contributed by atoms with Crippen molar-refractivity contribution in [2.24, 2.45) is 0 Å². The van der Waals surface area contributed by atoms with Crippen LogP contribution in [0.5, 0.6) is 5.75 Å². The highest BCUT2D eigenvalue weighted by molar-refractivity contribution is 5.33. The van der Waals surface area contributed by atoms with Gasteiger partial charge in [-0.1, -0.05) is 30.3 Å². The van der Waals surface area contributed by atoms with Crippen LogP contribution in [0.4, 0.5) is 13.2 Å². The van der Waals surface area contributed by atoms with Gasteiger partial charge in [-0.2, -0.15) is 13.2 Å². The SMILES string of the molecule is O[C@H](COc1ccc(C(F)(F)F)cc1)CN1Cc2ccccc2C[C@@H]1c1cccnc1. The molecule has 0 spiro atoms. The summed E-state index contributed by atoms with van der Waals surface area (Å²) >= 11 is 0. The number of pyridine rings is 1. The van der Waals surface area contributed by atoms with Crippen LogP contribution < -0.4 is 4.74 Å². The summed E-state index contributed by atoms with van der Waals surface area (Å²) in [6, 6.07) is 16.7. The van der Waals surface area contributed by atoms with Crippen molar-refractivity contribution in [2.45, 2.75) is 31.3 Å². The number of aliphatic hydroxyl groups excluding tert-OH is 1. The number of alkyl halides is 3. The summed E-state index contributed by atoms with van der Waals surface area (Å²) in [4.78, 5) is 6.43. The molecule has 0 unspecified atom stereocenters. The maximum absolute atomic E-state index is 12.7. The molecule has 31 heavy (non-hydrogen) atoms. The average Bonchev–Trinajstić information content (AvgIpc) is 2.77. The molecule has 1 aliphatic rings. The minimum Gasteiger partial charge on any atom is -0.491 e. The van der Waals surface area contributed by atoms with E-state index in [4.69, 9.17) is 4.74 Å². The van der Waals surface area contributed by atoms with Gasteiger partial charge in [-0.25, -0.2) is 0 Å². The molecule has 0 saturated carbocycles. The molecule has 1 aliphatic heterocycles. The third-order valence-corrected chi connectivity index (χ3v) is 5.48. The lowest BCUT2D eigenvalue weighted by Gasteiger charge is -2.38. The molecule has 2 aromatic carbocycles. The molecule has 0 fully saturated rings. The van der Waals surface area contributed by atoms with Gasteiger partial charge in [0.15, 0.2) is 0 Å². The second-order valence-corrected chi connectivity index (χ2v) is 7.69. The Balaban J connectivity index is 1.42. The Morgan fingerprint density at radius 3 is 2.45 bits per heavy atom. The molecule has 1 aromatic heterocycles. The first kappa shape index (κ1) is 21.3. The molecule has 0 radical (unpaired) electrons. The van der Waals surface area contributed by atoms with Gasteiger partial charge in [0.05, 0.1) is 5.56 Å². The Labute approximate surface area is 178 Å². The highest BCUT2D eigenvalue weighted by atomic mass is 19.4. The van der Waals surface area contributed by atoms with Crippen molar-refractivity contribution in [3.8, 4) is 5.75 Å². The molecule has 2 atom stereocenters. The summed E-state index contributed by atoms with van der Waals surface area (Å²) in [6.07, 6.45) is -0.793. The van der Waals surface area contributed by atoms with E-state index in [1.165, 1.54) is 23.3 Å². The van der Waals surface area contributed by atoms with Crippen LogP contribution in [0.15, 0.2) is 73.1 Å². The lowest BCUT2D eigenvalue weighted by Crippen LogP contribution is -2.41. The molecule has 0 amide bonds. The normalized spacial score (nSPS) is 17.7. The van der Waals surface area contributed by atoms with Crippen LogP contribution in [0, 0.1) is 0 Å². The molecular weight excluding hydrogens is 405 g/mol. The second-order valence-electron chi connectivity index (χ2n) is 7.69. The van der Waals surface area contributed by atoms with E-state index < -0.39 is 17.8 Å². The van der Waals surface area contributed by atoms with Gasteiger partial charge in [-0.05, 0) is 53.4 Å². The molecule has 2 heterocycles. The quantitative estimate of drug-likeness (QED) is 0.621. The summed E-state index contributed by atoms with van der Waals surface area (Å²) in [5.74, 6) is 0.292. The van der Waals surface area contributed by atoms with E-state index >= 15 is 0 Å². The minimum atomic E-state index is -4.39. The van der Waals surface area contributed by atoms with Crippen molar-refractivity contribution in [2.75, 3.05) is 13.2 Å². The Hall–Kier alpha value is -2.90.